The molecule has 0 aliphatic rings. The van der Waals surface area contributed by atoms with Crippen LogP contribution < -0.4 is 17.7 Å². The third-order valence-electron chi connectivity index (χ3n) is 3.88. The molecule has 0 aliphatic carbocycles. The predicted molar refractivity (Wildman–Crippen MR) is 84.2 cm³/mol. The Morgan fingerprint density at radius 2 is 1.77 bits per heavy atom. The fourth-order valence-corrected chi connectivity index (χ4v) is 2.56. The molecule has 2 rings (SSSR count). The lowest BCUT2D eigenvalue weighted by Gasteiger charge is -2.19. The van der Waals surface area contributed by atoms with E-state index in [2.05, 4.69) is 17.4 Å². The highest BCUT2D eigenvalue weighted by molar-refractivity contribution is 5.35. The minimum Gasteiger partial charge on any atom is -1.00 e. The van der Waals surface area contributed by atoms with Crippen LogP contribution in [0.2, 0.25) is 0 Å². The molecular weight excluding hydrogens is 298 g/mol. The molecule has 3 nitrogen and oxygen atoms in total. The van der Waals surface area contributed by atoms with Crippen LogP contribution in [0.5, 0.6) is 5.75 Å². The van der Waals surface area contributed by atoms with E-state index in [4.69, 9.17) is 0 Å². The average Bonchev–Trinajstić information content (AvgIpc) is 2.47. The quantitative estimate of drug-likeness (QED) is 0.635. The number of hydrogen-bond donors (Lipinski definition) is 3. The molecule has 2 unspecified atom stereocenters. The second kappa shape index (κ2) is 8.79. The van der Waals surface area contributed by atoms with Crippen molar-refractivity contribution < 1.29 is 27.9 Å². The molecule has 0 aliphatic heterocycles. The molecule has 0 spiro atoms. The second-order valence-electron chi connectivity index (χ2n) is 5.60. The lowest BCUT2D eigenvalue weighted by atomic mass is 9.98. The molecule has 0 radical (unpaired) electrons. The van der Waals surface area contributed by atoms with Gasteiger partial charge in [0.05, 0.1) is 6.54 Å². The standard InChI is InChI=1S/C18H23NO2.ClH/c1-13-12-16(20)8-9-17(13)18(21)14(2)19-11-10-15-6-4-3-5-7-15;/h3-9,12,14,18-21H,10-11H2,1-2H3;1H. The Kier molecular flexibility index (Phi) is 7.39. The highest BCUT2D eigenvalue weighted by Gasteiger charge is 2.20. The van der Waals surface area contributed by atoms with Crippen molar-refractivity contribution in [1.82, 2.24) is 0 Å². The molecule has 2 aromatic carbocycles. The summed E-state index contributed by atoms with van der Waals surface area (Å²) in [7, 11) is 0. The topological polar surface area (TPSA) is 57.1 Å². The smallest absolute Gasteiger partial charge is 0.131 e. The zero-order chi connectivity index (χ0) is 15.2. The van der Waals surface area contributed by atoms with E-state index in [1.165, 1.54) is 5.56 Å². The van der Waals surface area contributed by atoms with Crippen molar-refractivity contribution >= 4 is 0 Å². The number of quaternary nitrogens is 1. The first kappa shape index (κ1) is 18.5. The minimum absolute atomic E-state index is 0. The fourth-order valence-electron chi connectivity index (χ4n) is 2.56. The number of hydrogen-bond acceptors (Lipinski definition) is 2. The highest BCUT2D eigenvalue weighted by Crippen LogP contribution is 2.22. The van der Waals surface area contributed by atoms with Gasteiger partial charge in [-0.1, -0.05) is 36.4 Å². The van der Waals surface area contributed by atoms with Crippen molar-refractivity contribution in [2.24, 2.45) is 0 Å². The van der Waals surface area contributed by atoms with Crippen LogP contribution in [-0.2, 0) is 6.42 Å². The summed E-state index contributed by atoms with van der Waals surface area (Å²) in [6, 6.07) is 15.6. The molecule has 0 saturated heterocycles. The van der Waals surface area contributed by atoms with Crippen molar-refractivity contribution in [3.63, 3.8) is 0 Å². The number of aryl methyl sites for hydroxylation is 1. The summed E-state index contributed by atoms with van der Waals surface area (Å²) in [6.45, 7) is 4.89. The van der Waals surface area contributed by atoms with Gasteiger partial charge in [-0.25, -0.2) is 0 Å². The molecule has 0 aromatic heterocycles. The summed E-state index contributed by atoms with van der Waals surface area (Å²) in [6.07, 6.45) is 0.466. The van der Waals surface area contributed by atoms with Gasteiger partial charge in [0.15, 0.2) is 0 Å². The number of nitrogens with two attached hydrogens (primary N) is 1. The van der Waals surface area contributed by atoms with Crippen LogP contribution in [0.3, 0.4) is 0 Å². The predicted octanol–water partition coefficient (Wildman–Crippen LogP) is -1.07. The number of phenolic OH excluding ortho intramolecular Hbond substituents is 1. The van der Waals surface area contributed by atoms with E-state index in [9.17, 15) is 10.2 Å². The molecular formula is C18H24ClNO2. The Hall–Kier alpha value is -1.55. The molecule has 2 aromatic rings. The number of phenols is 1. The minimum atomic E-state index is -0.527. The molecule has 2 atom stereocenters. The van der Waals surface area contributed by atoms with Crippen LogP contribution in [-0.4, -0.2) is 22.8 Å². The van der Waals surface area contributed by atoms with Crippen LogP contribution in [0.25, 0.3) is 0 Å². The Morgan fingerprint density at radius 1 is 1.09 bits per heavy atom. The molecule has 120 valence electrons. The Balaban J connectivity index is 0.00000242. The first-order valence-corrected chi connectivity index (χ1v) is 7.43. The van der Waals surface area contributed by atoms with E-state index in [0.29, 0.717) is 0 Å². The third kappa shape index (κ3) is 5.02. The van der Waals surface area contributed by atoms with Gasteiger partial charge in [0, 0.05) is 6.42 Å². The van der Waals surface area contributed by atoms with Gasteiger partial charge in [0.2, 0.25) is 0 Å². The van der Waals surface area contributed by atoms with E-state index in [0.717, 1.165) is 24.1 Å². The van der Waals surface area contributed by atoms with Crippen molar-refractivity contribution in [2.75, 3.05) is 6.54 Å². The lowest BCUT2D eigenvalue weighted by Crippen LogP contribution is -3.00. The van der Waals surface area contributed by atoms with E-state index in [1.54, 1.807) is 18.2 Å². The van der Waals surface area contributed by atoms with E-state index in [1.807, 2.05) is 32.0 Å². The number of aliphatic hydroxyl groups is 1. The fraction of sp³-hybridized carbons (Fsp3) is 0.333. The van der Waals surface area contributed by atoms with Crippen LogP contribution >= 0.6 is 0 Å². The van der Waals surface area contributed by atoms with Crippen LogP contribution in [0.1, 0.15) is 29.7 Å². The number of aliphatic hydroxyl groups excluding tert-OH is 1. The average molecular weight is 322 g/mol. The van der Waals surface area contributed by atoms with Crippen molar-refractivity contribution in [3.05, 3.63) is 65.2 Å². The molecule has 0 amide bonds. The Morgan fingerprint density at radius 3 is 2.41 bits per heavy atom. The van der Waals surface area contributed by atoms with E-state index < -0.39 is 6.10 Å². The molecule has 0 bridgehead atoms. The van der Waals surface area contributed by atoms with Gasteiger partial charge < -0.3 is 27.9 Å². The lowest BCUT2D eigenvalue weighted by molar-refractivity contribution is -0.694. The van der Waals surface area contributed by atoms with Crippen LogP contribution in [0, 0.1) is 6.92 Å². The summed E-state index contributed by atoms with van der Waals surface area (Å²) in [5, 5.41) is 22.1. The van der Waals surface area contributed by atoms with Crippen LogP contribution in [0.15, 0.2) is 48.5 Å². The van der Waals surface area contributed by atoms with Gasteiger partial charge >= 0.3 is 0 Å². The molecule has 0 saturated carbocycles. The van der Waals surface area contributed by atoms with Crippen LogP contribution in [0.4, 0.5) is 0 Å². The zero-order valence-corrected chi connectivity index (χ0v) is 13.8. The third-order valence-corrected chi connectivity index (χ3v) is 3.88. The monoisotopic (exact) mass is 321 g/mol. The Bertz CT molecular complexity index is 575. The zero-order valence-electron chi connectivity index (χ0n) is 13.0. The Labute approximate surface area is 138 Å². The number of halogens is 1. The highest BCUT2D eigenvalue weighted by atomic mass is 35.5. The van der Waals surface area contributed by atoms with Gasteiger partial charge in [-0.2, -0.15) is 0 Å². The van der Waals surface area contributed by atoms with Gasteiger partial charge in [-0.15, -0.1) is 0 Å². The summed E-state index contributed by atoms with van der Waals surface area (Å²) in [5.74, 6) is 0.240. The van der Waals surface area contributed by atoms with Gasteiger partial charge in [0.25, 0.3) is 0 Å². The number of aromatic hydroxyl groups is 1. The summed E-state index contributed by atoms with van der Waals surface area (Å²) in [4.78, 5) is 0. The normalized spacial score (nSPS) is 13.2. The van der Waals surface area contributed by atoms with Gasteiger partial charge in [-0.05, 0) is 42.7 Å². The number of benzene rings is 2. The maximum absolute atomic E-state index is 10.4. The number of rotatable bonds is 6. The van der Waals surface area contributed by atoms with Crippen molar-refractivity contribution in [3.8, 4) is 5.75 Å². The maximum Gasteiger partial charge on any atom is 0.131 e. The van der Waals surface area contributed by atoms with Gasteiger partial charge in [0.1, 0.15) is 17.9 Å². The van der Waals surface area contributed by atoms with Gasteiger partial charge in [-0.3, -0.25) is 0 Å². The molecule has 0 fully saturated rings. The SMILES string of the molecule is Cc1cc(O)ccc1C(O)C(C)[NH2+]CCc1ccccc1.[Cl-]. The summed E-state index contributed by atoms with van der Waals surface area (Å²) < 4.78 is 0. The summed E-state index contributed by atoms with van der Waals surface area (Å²) >= 11 is 0. The van der Waals surface area contributed by atoms with Crippen molar-refractivity contribution in [2.45, 2.75) is 32.4 Å². The molecule has 22 heavy (non-hydrogen) atoms. The molecule has 4 N–H and O–H groups in total. The summed E-state index contributed by atoms with van der Waals surface area (Å²) in [5.41, 5.74) is 3.12. The van der Waals surface area contributed by atoms with Crippen molar-refractivity contribution in [1.29, 1.82) is 0 Å². The maximum atomic E-state index is 10.4. The largest absolute Gasteiger partial charge is 1.00 e. The second-order valence-corrected chi connectivity index (χ2v) is 5.60. The van der Waals surface area contributed by atoms with E-state index >= 15 is 0 Å². The first-order chi connectivity index (χ1) is 10.1. The first-order valence-electron chi connectivity index (χ1n) is 7.43. The van der Waals surface area contributed by atoms with E-state index in [-0.39, 0.29) is 24.2 Å². The molecule has 4 heteroatoms. The molecule has 0 heterocycles.